The van der Waals surface area contributed by atoms with Gasteiger partial charge >= 0.3 is 0 Å². The van der Waals surface area contributed by atoms with E-state index >= 15 is 0 Å². The first-order valence-corrected chi connectivity index (χ1v) is 3.59. The van der Waals surface area contributed by atoms with Crippen molar-refractivity contribution in [3.05, 3.63) is 30.5 Å². The van der Waals surface area contributed by atoms with Gasteiger partial charge in [0.15, 0.2) is 0 Å². The maximum absolute atomic E-state index is 11.4. The summed E-state index contributed by atoms with van der Waals surface area (Å²) in [7, 11) is 0. The Labute approximate surface area is 69.5 Å². The first-order chi connectivity index (χ1) is 5.79. The second kappa shape index (κ2) is 2.37. The summed E-state index contributed by atoms with van der Waals surface area (Å²) in [4.78, 5) is 4.02. The van der Waals surface area contributed by atoms with Crippen LogP contribution in [-0.2, 0) is 0 Å². The van der Waals surface area contributed by atoms with E-state index in [9.17, 15) is 5.11 Å². The highest BCUT2D eigenvalue weighted by Crippen LogP contribution is 2.25. The van der Waals surface area contributed by atoms with Gasteiger partial charge in [-0.15, -0.1) is 0 Å². The van der Waals surface area contributed by atoms with Crippen LogP contribution in [-0.4, -0.2) is 4.98 Å². The Kier molecular flexibility index (Phi) is 1.37. The number of nitrogens with two attached hydrogens (primary N) is 1. The summed E-state index contributed by atoms with van der Waals surface area (Å²) in [5.41, 5.74) is 6.30. The van der Waals surface area contributed by atoms with Crippen LogP contribution in [0.5, 0.6) is 5.75 Å². The number of hydrogen-bond donors (Lipinski definition) is 1. The van der Waals surface area contributed by atoms with Crippen molar-refractivity contribution in [3.8, 4) is 5.75 Å². The minimum Gasteiger partial charge on any atom is -0.871 e. The second-order valence-electron chi connectivity index (χ2n) is 2.56. The zero-order chi connectivity index (χ0) is 8.55. The maximum atomic E-state index is 11.4. The molecule has 0 fully saturated rings. The molecular weight excluding hydrogens is 152 g/mol. The van der Waals surface area contributed by atoms with Crippen LogP contribution in [0.25, 0.3) is 10.9 Å². The monoisotopic (exact) mass is 159 g/mol. The first-order valence-electron chi connectivity index (χ1n) is 3.59. The van der Waals surface area contributed by atoms with Gasteiger partial charge in [-0.25, -0.2) is 0 Å². The fourth-order valence-electron chi connectivity index (χ4n) is 1.13. The lowest BCUT2D eigenvalue weighted by molar-refractivity contribution is -0.264. The lowest BCUT2D eigenvalue weighted by Gasteiger charge is -2.11. The maximum Gasteiger partial charge on any atom is 0.0697 e. The lowest BCUT2D eigenvalue weighted by atomic mass is 10.2. The van der Waals surface area contributed by atoms with E-state index in [1.165, 1.54) is 6.20 Å². The fraction of sp³-hybridized carbons (Fsp3) is 0. The van der Waals surface area contributed by atoms with Crippen molar-refractivity contribution in [2.24, 2.45) is 0 Å². The molecule has 0 saturated heterocycles. The van der Waals surface area contributed by atoms with Crippen LogP contribution in [0.1, 0.15) is 0 Å². The van der Waals surface area contributed by atoms with Gasteiger partial charge in [-0.3, -0.25) is 4.98 Å². The first kappa shape index (κ1) is 6.91. The summed E-state index contributed by atoms with van der Waals surface area (Å²) in [5.74, 6) is -0.138. The van der Waals surface area contributed by atoms with Crippen molar-refractivity contribution < 1.29 is 5.11 Å². The Balaban J connectivity index is 2.91. The smallest absolute Gasteiger partial charge is 0.0697 e. The van der Waals surface area contributed by atoms with Crippen LogP contribution in [0.3, 0.4) is 0 Å². The molecular formula is C9H7N2O-. The molecule has 0 saturated carbocycles. The van der Waals surface area contributed by atoms with Crippen molar-refractivity contribution in [2.75, 3.05) is 5.73 Å². The Hall–Kier alpha value is -1.77. The van der Waals surface area contributed by atoms with E-state index < -0.39 is 0 Å². The van der Waals surface area contributed by atoms with Gasteiger partial charge in [0.1, 0.15) is 0 Å². The van der Waals surface area contributed by atoms with Crippen LogP contribution < -0.4 is 10.8 Å². The molecule has 12 heavy (non-hydrogen) atoms. The van der Waals surface area contributed by atoms with Gasteiger partial charge in [-0.2, -0.15) is 0 Å². The third-order valence-electron chi connectivity index (χ3n) is 1.75. The topological polar surface area (TPSA) is 62.0 Å². The molecule has 0 spiro atoms. The molecule has 0 aliphatic rings. The van der Waals surface area contributed by atoms with Crippen molar-refractivity contribution in [1.29, 1.82) is 0 Å². The fourth-order valence-corrected chi connectivity index (χ4v) is 1.13. The average molecular weight is 159 g/mol. The predicted octanol–water partition coefficient (Wildman–Crippen LogP) is 0.891. The summed E-state index contributed by atoms with van der Waals surface area (Å²) in [5, 5.41) is 11.9. The molecule has 0 amide bonds. The van der Waals surface area contributed by atoms with Crippen LogP contribution >= 0.6 is 0 Å². The molecule has 2 rings (SSSR count). The molecule has 1 heterocycles. The van der Waals surface area contributed by atoms with E-state index in [1.807, 2.05) is 6.07 Å². The number of para-hydroxylation sites is 1. The summed E-state index contributed by atoms with van der Waals surface area (Å²) in [6.45, 7) is 0. The van der Waals surface area contributed by atoms with Crippen LogP contribution in [0.15, 0.2) is 30.5 Å². The van der Waals surface area contributed by atoms with E-state index in [4.69, 9.17) is 5.73 Å². The number of pyridine rings is 1. The van der Waals surface area contributed by atoms with Gasteiger partial charge < -0.3 is 10.8 Å². The molecule has 1 aromatic carbocycles. The molecule has 0 aliphatic heterocycles. The average Bonchev–Trinajstić information content (AvgIpc) is 2.12. The molecule has 0 bridgehead atoms. The standard InChI is InChI=1S/C9H8N2O/c10-7-5-11-8-4-2-1-3-6(8)9(7)12/h1-5H,10H2,(H,11,12)/p-1. The third-order valence-corrected chi connectivity index (χ3v) is 1.75. The Bertz CT molecular complexity index is 426. The highest BCUT2D eigenvalue weighted by atomic mass is 16.3. The number of rotatable bonds is 0. The molecule has 60 valence electrons. The highest BCUT2D eigenvalue weighted by Gasteiger charge is 1.95. The number of hydrogen-bond acceptors (Lipinski definition) is 3. The van der Waals surface area contributed by atoms with Crippen LogP contribution in [0.2, 0.25) is 0 Å². The van der Waals surface area contributed by atoms with Gasteiger partial charge in [-0.1, -0.05) is 23.9 Å². The van der Waals surface area contributed by atoms with E-state index in [-0.39, 0.29) is 11.4 Å². The molecule has 0 aliphatic carbocycles. The Morgan fingerprint density at radius 1 is 1.25 bits per heavy atom. The van der Waals surface area contributed by atoms with Gasteiger partial charge in [0.2, 0.25) is 0 Å². The molecule has 0 atom stereocenters. The Morgan fingerprint density at radius 3 is 2.83 bits per heavy atom. The molecule has 3 heteroatoms. The van der Waals surface area contributed by atoms with Crippen molar-refractivity contribution in [3.63, 3.8) is 0 Å². The second-order valence-corrected chi connectivity index (χ2v) is 2.56. The number of aromatic nitrogens is 1. The summed E-state index contributed by atoms with van der Waals surface area (Å²) >= 11 is 0. The summed E-state index contributed by atoms with van der Waals surface area (Å²) in [6.07, 6.45) is 1.39. The highest BCUT2D eigenvalue weighted by molar-refractivity contribution is 5.88. The minimum atomic E-state index is -0.138. The van der Waals surface area contributed by atoms with E-state index in [2.05, 4.69) is 4.98 Å². The molecule has 1 aromatic heterocycles. The van der Waals surface area contributed by atoms with Gasteiger partial charge in [0.05, 0.1) is 5.52 Å². The number of benzene rings is 1. The largest absolute Gasteiger partial charge is 0.871 e. The van der Waals surface area contributed by atoms with Crippen molar-refractivity contribution in [1.82, 2.24) is 4.98 Å². The third kappa shape index (κ3) is 0.871. The molecule has 2 aromatic rings. The van der Waals surface area contributed by atoms with Crippen molar-refractivity contribution >= 4 is 16.6 Å². The Morgan fingerprint density at radius 2 is 2.00 bits per heavy atom. The SMILES string of the molecule is Nc1cnc2ccccc2c1[O-]. The zero-order valence-corrected chi connectivity index (χ0v) is 6.32. The minimum absolute atomic E-state index is 0.138. The number of fused-ring (bicyclic) bond motifs is 1. The molecule has 3 nitrogen and oxygen atoms in total. The number of nitrogen functional groups attached to an aromatic ring is 1. The molecule has 0 unspecified atom stereocenters. The zero-order valence-electron chi connectivity index (χ0n) is 6.32. The predicted molar refractivity (Wildman–Crippen MR) is 45.6 cm³/mol. The van der Waals surface area contributed by atoms with E-state index in [1.54, 1.807) is 18.2 Å². The molecule has 0 radical (unpaired) electrons. The quantitative estimate of drug-likeness (QED) is 0.621. The van der Waals surface area contributed by atoms with Crippen LogP contribution in [0.4, 0.5) is 5.69 Å². The number of nitrogens with zero attached hydrogens (tertiary/aromatic N) is 1. The van der Waals surface area contributed by atoms with Crippen LogP contribution in [0, 0.1) is 0 Å². The van der Waals surface area contributed by atoms with Crippen molar-refractivity contribution in [2.45, 2.75) is 0 Å². The van der Waals surface area contributed by atoms with Gasteiger partial charge in [-0.05, 0) is 11.5 Å². The summed E-state index contributed by atoms with van der Waals surface area (Å²) in [6, 6.07) is 7.15. The number of anilines is 1. The van der Waals surface area contributed by atoms with E-state index in [0.29, 0.717) is 10.9 Å². The van der Waals surface area contributed by atoms with Gasteiger partial charge in [0.25, 0.3) is 0 Å². The molecule has 2 N–H and O–H groups in total. The lowest BCUT2D eigenvalue weighted by Crippen LogP contribution is -1.98. The van der Waals surface area contributed by atoms with E-state index in [0.717, 1.165) is 0 Å². The normalized spacial score (nSPS) is 10.3. The summed E-state index contributed by atoms with van der Waals surface area (Å²) < 4.78 is 0. The van der Waals surface area contributed by atoms with Gasteiger partial charge in [0, 0.05) is 11.9 Å².